The molecule has 0 aromatic carbocycles. The first-order chi connectivity index (χ1) is 8.35. The van der Waals surface area contributed by atoms with Crippen molar-refractivity contribution in [3.05, 3.63) is 11.8 Å². The van der Waals surface area contributed by atoms with Crippen molar-refractivity contribution in [1.29, 1.82) is 0 Å². The van der Waals surface area contributed by atoms with Crippen molar-refractivity contribution in [2.45, 2.75) is 58.2 Å². The molecule has 1 aromatic rings. The lowest BCUT2D eigenvalue weighted by Gasteiger charge is -2.28. The minimum absolute atomic E-state index is 0.216. The third-order valence-corrected chi connectivity index (χ3v) is 3.30. The monoisotopic (exact) mass is 237 g/mol. The number of aromatic amines is 1. The SMILES string of the molecule is CCCC(CCC)OC1CCNc2[nH]ncc21. The second kappa shape index (κ2) is 6.05. The van der Waals surface area contributed by atoms with Gasteiger partial charge in [0.15, 0.2) is 0 Å². The van der Waals surface area contributed by atoms with Crippen LogP contribution in [-0.4, -0.2) is 22.8 Å². The quantitative estimate of drug-likeness (QED) is 0.798. The Morgan fingerprint density at radius 3 is 2.88 bits per heavy atom. The van der Waals surface area contributed by atoms with Crippen LogP contribution in [0.2, 0.25) is 0 Å². The van der Waals surface area contributed by atoms with Crippen LogP contribution < -0.4 is 5.32 Å². The van der Waals surface area contributed by atoms with Crippen molar-refractivity contribution in [3.63, 3.8) is 0 Å². The second-order valence-electron chi connectivity index (χ2n) is 4.74. The van der Waals surface area contributed by atoms with Gasteiger partial charge in [0.25, 0.3) is 0 Å². The molecule has 1 aliphatic rings. The summed E-state index contributed by atoms with van der Waals surface area (Å²) in [6, 6.07) is 0. The minimum atomic E-state index is 0.216. The fraction of sp³-hybridized carbons (Fsp3) is 0.769. The zero-order valence-electron chi connectivity index (χ0n) is 10.8. The van der Waals surface area contributed by atoms with Crippen LogP contribution in [0.15, 0.2) is 6.20 Å². The Balaban J connectivity index is 1.99. The molecule has 0 saturated carbocycles. The Morgan fingerprint density at radius 1 is 1.41 bits per heavy atom. The van der Waals surface area contributed by atoms with Gasteiger partial charge in [-0.1, -0.05) is 26.7 Å². The van der Waals surface area contributed by atoms with Gasteiger partial charge in [0.05, 0.1) is 18.4 Å². The number of nitrogens with one attached hydrogen (secondary N) is 2. The molecule has 2 heterocycles. The summed E-state index contributed by atoms with van der Waals surface area (Å²) in [5.74, 6) is 1.04. The number of hydrogen-bond donors (Lipinski definition) is 2. The predicted octanol–water partition coefficient (Wildman–Crippen LogP) is 3.25. The highest BCUT2D eigenvalue weighted by atomic mass is 16.5. The molecule has 1 unspecified atom stereocenters. The van der Waals surface area contributed by atoms with Gasteiger partial charge in [-0.2, -0.15) is 5.10 Å². The average molecular weight is 237 g/mol. The first kappa shape index (κ1) is 12.4. The normalized spacial score (nSPS) is 19.1. The van der Waals surface area contributed by atoms with E-state index in [0.29, 0.717) is 6.10 Å². The van der Waals surface area contributed by atoms with E-state index in [2.05, 4.69) is 29.4 Å². The summed E-state index contributed by atoms with van der Waals surface area (Å²) in [7, 11) is 0. The van der Waals surface area contributed by atoms with E-state index >= 15 is 0 Å². The summed E-state index contributed by atoms with van der Waals surface area (Å²) < 4.78 is 6.26. The first-order valence-corrected chi connectivity index (χ1v) is 6.77. The maximum Gasteiger partial charge on any atom is 0.127 e. The van der Waals surface area contributed by atoms with Crippen molar-refractivity contribution in [2.24, 2.45) is 0 Å². The molecule has 1 aromatic heterocycles. The van der Waals surface area contributed by atoms with Gasteiger partial charge >= 0.3 is 0 Å². The van der Waals surface area contributed by atoms with E-state index in [1.807, 2.05) is 6.20 Å². The highest BCUT2D eigenvalue weighted by Crippen LogP contribution is 2.32. The molecule has 1 aliphatic heterocycles. The molecule has 0 amide bonds. The van der Waals surface area contributed by atoms with Crippen LogP contribution in [-0.2, 0) is 4.74 Å². The molecular weight excluding hydrogens is 214 g/mol. The van der Waals surface area contributed by atoms with Crippen LogP contribution in [0.4, 0.5) is 5.82 Å². The van der Waals surface area contributed by atoms with E-state index in [4.69, 9.17) is 4.74 Å². The van der Waals surface area contributed by atoms with Gasteiger partial charge in [0.2, 0.25) is 0 Å². The molecule has 2 rings (SSSR count). The maximum atomic E-state index is 6.26. The van der Waals surface area contributed by atoms with Crippen molar-refractivity contribution in [3.8, 4) is 0 Å². The Hall–Kier alpha value is -1.03. The molecule has 0 radical (unpaired) electrons. The van der Waals surface area contributed by atoms with Crippen LogP contribution in [0, 0.1) is 0 Å². The third-order valence-electron chi connectivity index (χ3n) is 3.30. The summed E-state index contributed by atoms with van der Waals surface area (Å²) in [6.45, 7) is 5.40. The molecule has 4 heteroatoms. The predicted molar refractivity (Wildman–Crippen MR) is 69.1 cm³/mol. The molecule has 17 heavy (non-hydrogen) atoms. The zero-order chi connectivity index (χ0) is 12.1. The lowest BCUT2D eigenvalue weighted by Crippen LogP contribution is -2.23. The molecule has 2 N–H and O–H groups in total. The summed E-state index contributed by atoms with van der Waals surface area (Å²) in [4.78, 5) is 0. The second-order valence-corrected chi connectivity index (χ2v) is 4.74. The molecular formula is C13H23N3O. The Labute approximate surface area is 103 Å². The topological polar surface area (TPSA) is 49.9 Å². The van der Waals surface area contributed by atoms with Crippen LogP contribution in [0.1, 0.15) is 57.6 Å². The highest BCUT2D eigenvalue weighted by molar-refractivity contribution is 5.46. The van der Waals surface area contributed by atoms with E-state index in [9.17, 15) is 0 Å². The van der Waals surface area contributed by atoms with Crippen LogP contribution in [0.5, 0.6) is 0 Å². The van der Waals surface area contributed by atoms with Gasteiger partial charge < -0.3 is 10.1 Å². The van der Waals surface area contributed by atoms with Gasteiger partial charge in [-0.25, -0.2) is 0 Å². The summed E-state index contributed by atoms with van der Waals surface area (Å²) in [6.07, 6.45) is 8.24. The van der Waals surface area contributed by atoms with Gasteiger partial charge in [-0.15, -0.1) is 0 Å². The molecule has 96 valence electrons. The Morgan fingerprint density at radius 2 is 2.18 bits per heavy atom. The van der Waals surface area contributed by atoms with Gasteiger partial charge in [-0.05, 0) is 19.3 Å². The van der Waals surface area contributed by atoms with Gasteiger partial charge in [0, 0.05) is 12.1 Å². The lowest BCUT2D eigenvalue weighted by molar-refractivity contribution is -0.0262. The number of nitrogens with zero attached hydrogens (tertiary/aromatic N) is 1. The molecule has 0 aliphatic carbocycles. The lowest BCUT2D eigenvalue weighted by atomic mass is 10.0. The standard InChI is InChI=1S/C13H23N3O/c1-3-5-10(6-4-2)17-12-7-8-14-13-11(12)9-15-16-13/h9-10,12H,3-8H2,1-2H3,(H2,14,15,16). The Bertz CT molecular complexity index is 331. The van der Waals surface area contributed by atoms with Gasteiger partial charge in [0.1, 0.15) is 5.82 Å². The molecule has 0 spiro atoms. The number of hydrogen-bond acceptors (Lipinski definition) is 3. The van der Waals surface area contributed by atoms with E-state index in [1.54, 1.807) is 0 Å². The minimum Gasteiger partial charge on any atom is -0.370 e. The third kappa shape index (κ3) is 3.00. The van der Waals surface area contributed by atoms with Crippen molar-refractivity contribution < 1.29 is 4.74 Å². The molecule has 1 atom stereocenters. The van der Waals surface area contributed by atoms with Crippen LogP contribution in [0.25, 0.3) is 0 Å². The highest BCUT2D eigenvalue weighted by Gasteiger charge is 2.24. The summed E-state index contributed by atoms with van der Waals surface area (Å²) in [5.41, 5.74) is 1.19. The van der Waals surface area contributed by atoms with Crippen LogP contribution in [0.3, 0.4) is 0 Å². The number of fused-ring (bicyclic) bond motifs is 1. The maximum absolute atomic E-state index is 6.26. The molecule has 0 bridgehead atoms. The Kier molecular flexibility index (Phi) is 4.42. The number of H-pyrrole nitrogens is 1. The molecule has 0 fully saturated rings. The van der Waals surface area contributed by atoms with Crippen molar-refractivity contribution >= 4 is 5.82 Å². The van der Waals surface area contributed by atoms with E-state index in [1.165, 1.54) is 18.4 Å². The fourth-order valence-electron chi connectivity index (χ4n) is 2.46. The average Bonchev–Trinajstić information content (AvgIpc) is 2.79. The summed E-state index contributed by atoms with van der Waals surface area (Å²) in [5, 5.41) is 10.4. The van der Waals surface area contributed by atoms with Gasteiger partial charge in [-0.3, -0.25) is 5.10 Å². The molecule has 0 saturated heterocycles. The number of aromatic nitrogens is 2. The molecule has 4 nitrogen and oxygen atoms in total. The number of anilines is 1. The van der Waals surface area contributed by atoms with Crippen molar-refractivity contribution in [2.75, 3.05) is 11.9 Å². The summed E-state index contributed by atoms with van der Waals surface area (Å²) >= 11 is 0. The zero-order valence-corrected chi connectivity index (χ0v) is 10.8. The van der Waals surface area contributed by atoms with E-state index < -0.39 is 0 Å². The van der Waals surface area contributed by atoms with Crippen LogP contribution >= 0.6 is 0 Å². The van der Waals surface area contributed by atoms with Crippen molar-refractivity contribution in [1.82, 2.24) is 10.2 Å². The largest absolute Gasteiger partial charge is 0.370 e. The number of rotatable bonds is 6. The van der Waals surface area contributed by atoms with E-state index in [-0.39, 0.29) is 6.10 Å². The smallest absolute Gasteiger partial charge is 0.127 e. The first-order valence-electron chi connectivity index (χ1n) is 6.77. The number of ether oxygens (including phenoxy) is 1. The van der Waals surface area contributed by atoms with E-state index in [0.717, 1.165) is 31.6 Å². The fourth-order valence-corrected chi connectivity index (χ4v) is 2.46.